The number of hydroxylamine groups is 2. The van der Waals surface area contributed by atoms with E-state index in [-0.39, 0.29) is 16.8 Å². The van der Waals surface area contributed by atoms with Crippen molar-refractivity contribution in [2.75, 3.05) is 0 Å². The lowest BCUT2D eigenvalue weighted by molar-refractivity contribution is -0.0591. The molecule has 0 unspecified atom stereocenters. The molecule has 6 nitrogen and oxygen atoms in total. The van der Waals surface area contributed by atoms with Crippen LogP contribution in [0.1, 0.15) is 38.1 Å². The standard InChI is InChI=1S/C15H11ClN2O4/c1-2-17-8-9(16)7-12(17)15(21)22-18-13(19)10-5-3-4-6-11(10)14(18)20/h3-8H,2H2,1H3. The van der Waals surface area contributed by atoms with Gasteiger partial charge in [0.05, 0.1) is 16.1 Å². The third-order valence-corrected chi connectivity index (χ3v) is 3.55. The van der Waals surface area contributed by atoms with Gasteiger partial charge in [-0.1, -0.05) is 28.8 Å². The Balaban J connectivity index is 1.87. The van der Waals surface area contributed by atoms with Gasteiger partial charge in [0.25, 0.3) is 11.8 Å². The molecule has 2 aromatic rings. The average molecular weight is 319 g/mol. The van der Waals surface area contributed by atoms with E-state index >= 15 is 0 Å². The van der Waals surface area contributed by atoms with Crippen LogP contribution in [-0.2, 0) is 11.4 Å². The lowest BCUT2D eigenvalue weighted by Gasteiger charge is -2.13. The van der Waals surface area contributed by atoms with Crippen molar-refractivity contribution >= 4 is 29.4 Å². The third-order valence-electron chi connectivity index (χ3n) is 3.34. The summed E-state index contributed by atoms with van der Waals surface area (Å²) >= 11 is 5.86. The highest BCUT2D eigenvalue weighted by Crippen LogP contribution is 2.24. The largest absolute Gasteiger partial charge is 0.380 e. The molecule has 112 valence electrons. The van der Waals surface area contributed by atoms with Crippen molar-refractivity contribution in [1.82, 2.24) is 9.63 Å². The van der Waals surface area contributed by atoms with Gasteiger partial charge in [-0.05, 0) is 25.1 Å². The second-order valence-electron chi connectivity index (χ2n) is 4.66. The Bertz CT molecular complexity index is 762. The van der Waals surface area contributed by atoms with Crippen molar-refractivity contribution in [2.45, 2.75) is 13.5 Å². The molecular weight excluding hydrogens is 308 g/mol. The molecule has 0 bridgehead atoms. The molecule has 1 aliphatic heterocycles. The Kier molecular flexibility index (Phi) is 3.46. The Labute approximate surface area is 130 Å². The van der Waals surface area contributed by atoms with Crippen LogP contribution < -0.4 is 0 Å². The lowest BCUT2D eigenvalue weighted by atomic mass is 10.1. The summed E-state index contributed by atoms with van der Waals surface area (Å²) in [5.41, 5.74) is 0.595. The fraction of sp³-hybridized carbons (Fsp3) is 0.133. The number of nitrogens with zero attached hydrogens (tertiary/aromatic N) is 2. The SMILES string of the molecule is CCn1cc(Cl)cc1C(=O)ON1C(=O)c2ccccc2C1=O. The second kappa shape index (κ2) is 5.31. The summed E-state index contributed by atoms with van der Waals surface area (Å²) in [6, 6.07) is 7.71. The number of rotatable bonds is 3. The fourth-order valence-electron chi connectivity index (χ4n) is 2.29. The molecule has 0 atom stereocenters. The zero-order valence-corrected chi connectivity index (χ0v) is 12.3. The number of imide groups is 1. The first-order valence-electron chi connectivity index (χ1n) is 6.58. The zero-order chi connectivity index (χ0) is 15.9. The quantitative estimate of drug-likeness (QED) is 0.815. The summed E-state index contributed by atoms with van der Waals surface area (Å²) in [5.74, 6) is -2.13. The van der Waals surface area contributed by atoms with E-state index in [2.05, 4.69) is 0 Å². The summed E-state index contributed by atoms with van der Waals surface area (Å²) < 4.78 is 1.57. The number of hydrogen-bond donors (Lipinski definition) is 0. The van der Waals surface area contributed by atoms with Crippen LogP contribution in [0.5, 0.6) is 0 Å². The lowest BCUT2D eigenvalue weighted by Crippen LogP contribution is -2.33. The summed E-state index contributed by atoms with van der Waals surface area (Å²) in [7, 11) is 0. The van der Waals surface area contributed by atoms with Crippen LogP contribution in [0.15, 0.2) is 36.5 Å². The van der Waals surface area contributed by atoms with Crippen molar-refractivity contribution in [3.8, 4) is 0 Å². The number of benzene rings is 1. The van der Waals surface area contributed by atoms with E-state index in [4.69, 9.17) is 16.4 Å². The minimum atomic E-state index is -0.816. The van der Waals surface area contributed by atoms with Crippen molar-refractivity contribution < 1.29 is 19.2 Å². The molecule has 0 N–H and O–H groups in total. The summed E-state index contributed by atoms with van der Waals surface area (Å²) in [6.07, 6.45) is 1.57. The summed E-state index contributed by atoms with van der Waals surface area (Å²) in [5, 5.41) is 0.852. The van der Waals surface area contributed by atoms with Crippen molar-refractivity contribution in [3.05, 3.63) is 58.4 Å². The van der Waals surface area contributed by atoms with Gasteiger partial charge < -0.3 is 9.40 Å². The van der Waals surface area contributed by atoms with E-state index < -0.39 is 17.8 Å². The van der Waals surface area contributed by atoms with Crippen LogP contribution >= 0.6 is 11.6 Å². The highest BCUT2D eigenvalue weighted by molar-refractivity contribution is 6.31. The van der Waals surface area contributed by atoms with Crippen molar-refractivity contribution in [1.29, 1.82) is 0 Å². The van der Waals surface area contributed by atoms with E-state index in [1.807, 2.05) is 6.92 Å². The van der Waals surface area contributed by atoms with Gasteiger partial charge in [-0.25, -0.2) is 4.79 Å². The Hall–Kier alpha value is -2.60. The number of carbonyl (C=O) groups excluding carboxylic acids is 3. The summed E-state index contributed by atoms with van der Waals surface area (Å²) in [4.78, 5) is 41.4. The van der Waals surface area contributed by atoms with E-state index in [0.717, 1.165) is 0 Å². The van der Waals surface area contributed by atoms with Gasteiger partial charge in [-0.3, -0.25) is 9.59 Å². The van der Waals surface area contributed by atoms with Gasteiger partial charge in [-0.2, -0.15) is 0 Å². The Morgan fingerprint density at radius 1 is 1.18 bits per heavy atom. The van der Waals surface area contributed by atoms with E-state index in [1.165, 1.54) is 18.2 Å². The fourth-order valence-corrected chi connectivity index (χ4v) is 2.51. The van der Waals surface area contributed by atoms with Crippen LogP contribution in [-0.4, -0.2) is 27.4 Å². The van der Waals surface area contributed by atoms with Crippen LogP contribution in [0.3, 0.4) is 0 Å². The van der Waals surface area contributed by atoms with Gasteiger partial charge >= 0.3 is 5.97 Å². The molecule has 1 aliphatic rings. The van der Waals surface area contributed by atoms with E-state index in [9.17, 15) is 14.4 Å². The minimum Gasteiger partial charge on any atom is -0.341 e. The monoisotopic (exact) mass is 318 g/mol. The molecule has 2 heterocycles. The zero-order valence-electron chi connectivity index (χ0n) is 11.6. The molecule has 2 amide bonds. The third kappa shape index (κ3) is 2.17. The van der Waals surface area contributed by atoms with Gasteiger partial charge in [0.15, 0.2) is 0 Å². The number of aromatic nitrogens is 1. The maximum Gasteiger partial charge on any atom is 0.380 e. The van der Waals surface area contributed by atoms with Crippen molar-refractivity contribution in [2.24, 2.45) is 0 Å². The number of fused-ring (bicyclic) bond motifs is 1. The molecule has 0 fully saturated rings. The number of amides is 2. The maximum absolute atomic E-state index is 12.2. The van der Waals surface area contributed by atoms with Crippen LogP contribution in [0.4, 0.5) is 0 Å². The molecule has 3 rings (SSSR count). The number of hydrogen-bond acceptors (Lipinski definition) is 4. The predicted octanol–water partition coefficient (Wildman–Crippen LogP) is 2.53. The van der Waals surface area contributed by atoms with E-state index in [1.54, 1.807) is 22.9 Å². The highest BCUT2D eigenvalue weighted by Gasteiger charge is 2.39. The normalized spacial score (nSPS) is 13.5. The maximum atomic E-state index is 12.2. The number of halogens is 1. The average Bonchev–Trinajstić information content (AvgIpc) is 3.01. The van der Waals surface area contributed by atoms with E-state index in [0.29, 0.717) is 16.6 Å². The second-order valence-corrected chi connectivity index (χ2v) is 5.10. The molecule has 0 saturated carbocycles. The molecule has 22 heavy (non-hydrogen) atoms. The molecule has 0 spiro atoms. The Morgan fingerprint density at radius 2 is 1.77 bits per heavy atom. The first-order valence-corrected chi connectivity index (χ1v) is 6.96. The Morgan fingerprint density at radius 3 is 2.32 bits per heavy atom. The van der Waals surface area contributed by atoms with Crippen molar-refractivity contribution in [3.63, 3.8) is 0 Å². The summed E-state index contributed by atoms with van der Waals surface area (Å²) in [6.45, 7) is 2.33. The first-order chi connectivity index (χ1) is 10.5. The molecule has 1 aromatic carbocycles. The smallest absolute Gasteiger partial charge is 0.341 e. The van der Waals surface area contributed by atoms with Gasteiger partial charge in [0, 0.05) is 12.7 Å². The minimum absolute atomic E-state index is 0.170. The predicted molar refractivity (Wildman–Crippen MR) is 77.5 cm³/mol. The van der Waals surface area contributed by atoms with Crippen LogP contribution in [0.2, 0.25) is 5.02 Å². The van der Waals surface area contributed by atoms with Crippen LogP contribution in [0, 0.1) is 0 Å². The number of carbonyl (C=O) groups is 3. The van der Waals surface area contributed by atoms with Crippen LogP contribution in [0.25, 0.3) is 0 Å². The molecule has 1 aromatic heterocycles. The first kappa shape index (κ1) is 14.3. The highest BCUT2D eigenvalue weighted by atomic mass is 35.5. The van der Waals surface area contributed by atoms with Gasteiger partial charge in [0.2, 0.25) is 0 Å². The topological polar surface area (TPSA) is 68.6 Å². The van der Waals surface area contributed by atoms with Gasteiger partial charge in [0.1, 0.15) is 5.69 Å². The van der Waals surface area contributed by atoms with Gasteiger partial charge in [-0.15, -0.1) is 0 Å². The molecule has 0 radical (unpaired) electrons. The number of aryl methyl sites for hydroxylation is 1. The molecule has 0 aliphatic carbocycles. The molecular formula is C15H11ClN2O4. The molecule has 7 heteroatoms. The molecule has 0 saturated heterocycles.